The predicted octanol–water partition coefficient (Wildman–Crippen LogP) is 1.90. The van der Waals surface area contributed by atoms with E-state index in [0.717, 1.165) is 38.7 Å². The summed E-state index contributed by atoms with van der Waals surface area (Å²) in [6.45, 7) is 10.7. The molecule has 1 fully saturated rings. The van der Waals surface area contributed by atoms with Gasteiger partial charge in [0.1, 0.15) is 0 Å². The molecule has 0 amide bonds. The third-order valence-electron chi connectivity index (χ3n) is 4.67. The first-order chi connectivity index (χ1) is 11.1. The van der Waals surface area contributed by atoms with Gasteiger partial charge in [0.2, 0.25) is 0 Å². The third kappa shape index (κ3) is 8.82. The van der Waals surface area contributed by atoms with Crippen molar-refractivity contribution in [3.05, 3.63) is 0 Å². The lowest BCUT2D eigenvalue weighted by Gasteiger charge is -2.26. The summed E-state index contributed by atoms with van der Waals surface area (Å²) in [4.78, 5) is 9.15. The predicted molar refractivity (Wildman–Crippen MR) is 112 cm³/mol. The molecule has 1 heterocycles. The summed E-state index contributed by atoms with van der Waals surface area (Å²) in [6.07, 6.45) is 2.35. The molecule has 1 N–H and O–H groups in total. The van der Waals surface area contributed by atoms with Gasteiger partial charge in [-0.05, 0) is 26.8 Å². The number of methoxy groups -OCH3 is 1. The third-order valence-corrected chi connectivity index (χ3v) is 4.67. The number of halogens is 1. The molecular formula is C17H37IN4O2. The first-order valence-electron chi connectivity index (χ1n) is 8.84. The van der Waals surface area contributed by atoms with Gasteiger partial charge in [-0.3, -0.25) is 4.99 Å². The lowest BCUT2D eigenvalue weighted by Crippen LogP contribution is -2.44. The molecule has 24 heavy (non-hydrogen) atoms. The van der Waals surface area contributed by atoms with Gasteiger partial charge in [0.25, 0.3) is 0 Å². The van der Waals surface area contributed by atoms with Crippen LogP contribution >= 0.6 is 24.0 Å². The standard InChI is InChI=1S/C17H36N4O2.HI/c1-6-15(2)20(4)10-8-19-17(18-3)21-9-7-16(13-21)14-23-12-11-22-5;/h15-16H,6-14H2,1-5H3,(H,18,19);1H. The van der Waals surface area contributed by atoms with Crippen LogP contribution in [-0.2, 0) is 9.47 Å². The molecule has 2 atom stereocenters. The van der Waals surface area contributed by atoms with E-state index in [-0.39, 0.29) is 24.0 Å². The van der Waals surface area contributed by atoms with Crippen LogP contribution in [0.15, 0.2) is 4.99 Å². The van der Waals surface area contributed by atoms with E-state index in [0.29, 0.717) is 25.2 Å². The molecule has 1 aliphatic rings. The Bertz CT molecular complexity index is 345. The van der Waals surface area contributed by atoms with Crippen LogP contribution in [0.5, 0.6) is 0 Å². The van der Waals surface area contributed by atoms with Crippen LogP contribution in [0.3, 0.4) is 0 Å². The smallest absolute Gasteiger partial charge is 0.193 e. The molecule has 1 aliphatic heterocycles. The first-order valence-corrected chi connectivity index (χ1v) is 8.84. The fraction of sp³-hybridized carbons (Fsp3) is 0.941. The Hall–Kier alpha value is -0.120. The summed E-state index contributed by atoms with van der Waals surface area (Å²) in [5.41, 5.74) is 0. The molecule has 0 aliphatic carbocycles. The Morgan fingerprint density at radius 2 is 2.17 bits per heavy atom. The van der Waals surface area contributed by atoms with E-state index in [1.807, 2.05) is 7.05 Å². The van der Waals surface area contributed by atoms with Crippen molar-refractivity contribution in [2.24, 2.45) is 10.9 Å². The monoisotopic (exact) mass is 456 g/mol. The number of nitrogens with zero attached hydrogens (tertiary/aromatic N) is 3. The van der Waals surface area contributed by atoms with Gasteiger partial charge in [0.05, 0.1) is 19.8 Å². The molecule has 0 saturated carbocycles. The maximum atomic E-state index is 5.65. The Kier molecular flexibility index (Phi) is 14.0. The van der Waals surface area contributed by atoms with Crippen LogP contribution in [0.2, 0.25) is 0 Å². The van der Waals surface area contributed by atoms with E-state index >= 15 is 0 Å². The summed E-state index contributed by atoms with van der Waals surface area (Å²) in [6, 6.07) is 0.624. The maximum absolute atomic E-state index is 5.65. The van der Waals surface area contributed by atoms with E-state index in [2.05, 4.69) is 41.0 Å². The Labute approximate surface area is 165 Å². The normalized spacial score (nSPS) is 19.5. The van der Waals surface area contributed by atoms with Crippen LogP contribution < -0.4 is 5.32 Å². The fourth-order valence-corrected chi connectivity index (χ4v) is 2.76. The molecule has 144 valence electrons. The number of aliphatic imine (C=N–C) groups is 1. The van der Waals surface area contributed by atoms with Gasteiger partial charge in [-0.25, -0.2) is 0 Å². The van der Waals surface area contributed by atoms with Gasteiger partial charge >= 0.3 is 0 Å². The number of ether oxygens (including phenoxy) is 2. The second-order valence-corrected chi connectivity index (χ2v) is 6.38. The van der Waals surface area contributed by atoms with Gasteiger partial charge in [0.15, 0.2) is 5.96 Å². The van der Waals surface area contributed by atoms with E-state index in [1.165, 1.54) is 12.8 Å². The molecule has 7 heteroatoms. The average molecular weight is 456 g/mol. The van der Waals surface area contributed by atoms with Crippen molar-refractivity contribution in [1.29, 1.82) is 0 Å². The minimum Gasteiger partial charge on any atom is -0.382 e. The highest BCUT2D eigenvalue weighted by molar-refractivity contribution is 14.0. The Balaban J connectivity index is 0.00000529. The minimum atomic E-state index is 0. The zero-order valence-electron chi connectivity index (χ0n) is 16.1. The lowest BCUT2D eigenvalue weighted by atomic mass is 10.1. The number of hydrogen-bond donors (Lipinski definition) is 1. The molecule has 0 spiro atoms. The van der Waals surface area contributed by atoms with Crippen LogP contribution in [0.4, 0.5) is 0 Å². The van der Waals surface area contributed by atoms with Gasteiger partial charge in [-0.2, -0.15) is 0 Å². The van der Waals surface area contributed by atoms with Gasteiger partial charge in [0, 0.05) is 52.3 Å². The zero-order valence-corrected chi connectivity index (χ0v) is 18.4. The molecular weight excluding hydrogens is 419 g/mol. The van der Waals surface area contributed by atoms with Crippen LogP contribution in [0.25, 0.3) is 0 Å². The summed E-state index contributed by atoms with van der Waals surface area (Å²) < 4.78 is 10.7. The SMILES string of the molecule is CCC(C)N(C)CCNC(=NC)N1CCC(COCCOC)C1.I. The summed E-state index contributed by atoms with van der Waals surface area (Å²) in [5.74, 6) is 1.61. The highest BCUT2D eigenvalue weighted by Crippen LogP contribution is 2.16. The molecule has 6 nitrogen and oxygen atoms in total. The van der Waals surface area contributed by atoms with E-state index in [9.17, 15) is 0 Å². The highest BCUT2D eigenvalue weighted by Gasteiger charge is 2.24. The number of likely N-dealkylation sites (tertiary alicyclic amines) is 1. The molecule has 1 saturated heterocycles. The molecule has 0 aromatic carbocycles. The second-order valence-electron chi connectivity index (χ2n) is 6.38. The highest BCUT2D eigenvalue weighted by atomic mass is 127. The topological polar surface area (TPSA) is 49.3 Å². The van der Waals surface area contributed by atoms with Crippen molar-refractivity contribution < 1.29 is 9.47 Å². The number of rotatable bonds is 10. The molecule has 1 rings (SSSR count). The van der Waals surface area contributed by atoms with Crippen LogP contribution in [0, 0.1) is 5.92 Å². The zero-order chi connectivity index (χ0) is 17.1. The van der Waals surface area contributed by atoms with Crippen molar-refractivity contribution >= 4 is 29.9 Å². The van der Waals surface area contributed by atoms with Gasteiger partial charge in [-0.15, -0.1) is 24.0 Å². The van der Waals surface area contributed by atoms with E-state index in [1.54, 1.807) is 7.11 Å². The molecule has 2 unspecified atom stereocenters. The number of nitrogens with one attached hydrogen (secondary N) is 1. The van der Waals surface area contributed by atoms with Crippen LogP contribution in [0.1, 0.15) is 26.7 Å². The van der Waals surface area contributed by atoms with Gasteiger partial charge < -0.3 is 24.6 Å². The Morgan fingerprint density at radius 3 is 2.79 bits per heavy atom. The number of guanidine groups is 1. The number of likely N-dealkylation sites (N-methyl/N-ethyl adjacent to an activating group) is 1. The summed E-state index contributed by atoms with van der Waals surface area (Å²) >= 11 is 0. The quantitative estimate of drug-likeness (QED) is 0.236. The van der Waals surface area contributed by atoms with E-state index < -0.39 is 0 Å². The first kappa shape index (κ1) is 23.9. The molecule has 0 aromatic rings. The maximum Gasteiger partial charge on any atom is 0.193 e. The number of hydrogen-bond acceptors (Lipinski definition) is 4. The van der Waals surface area contributed by atoms with Gasteiger partial charge in [-0.1, -0.05) is 6.92 Å². The van der Waals surface area contributed by atoms with Crippen molar-refractivity contribution in [2.45, 2.75) is 32.7 Å². The summed E-state index contributed by atoms with van der Waals surface area (Å²) in [7, 11) is 5.75. The van der Waals surface area contributed by atoms with Crippen molar-refractivity contribution in [2.75, 3.05) is 67.2 Å². The minimum absolute atomic E-state index is 0. The van der Waals surface area contributed by atoms with Crippen LogP contribution in [-0.4, -0.2) is 89.0 Å². The molecule has 0 radical (unpaired) electrons. The Morgan fingerprint density at radius 1 is 1.42 bits per heavy atom. The van der Waals surface area contributed by atoms with Crippen molar-refractivity contribution in [3.63, 3.8) is 0 Å². The molecule has 0 aromatic heterocycles. The van der Waals surface area contributed by atoms with Crippen molar-refractivity contribution in [1.82, 2.24) is 15.1 Å². The molecule has 0 bridgehead atoms. The van der Waals surface area contributed by atoms with E-state index in [4.69, 9.17) is 9.47 Å². The summed E-state index contributed by atoms with van der Waals surface area (Å²) in [5, 5.41) is 3.49. The fourth-order valence-electron chi connectivity index (χ4n) is 2.76. The lowest BCUT2D eigenvalue weighted by molar-refractivity contribution is 0.0536. The average Bonchev–Trinajstić information content (AvgIpc) is 3.03. The van der Waals surface area contributed by atoms with Crippen molar-refractivity contribution in [3.8, 4) is 0 Å². The largest absolute Gasteiger partial charge is 0.382 e. The second kappa shape index (κ2) is 14.1.